The highest BCUT2D eigenvalue weighted by Gasteiger charge is 2.15. The van der Waals surface area contributed by atoms with E-state index in [9.17, 15) is 4.79 Å². The lowest BCUT2D eigenvalue weighted by Gasteiger charge is -2.23. The van der Waals surface area contributed by atoms with Crippen molar-refractivity contribution in [3.8, 4) is 0 Å². The van der Waals surface area contributed by atoms with Crippen LogP contribution in [0.5, 0.6) is 0 Å². The number of rotatable bonds is 6. The van der Waals surface area contributed by atoms with E-state index in [1.807, 2.05) is 0 Å². The topological polar surface area (TPSA) is 29.1 Å². The van der Waals surface area contributed by atoms with Crippen molar-refractivity contribution in [3.63, 3.8) is 0 Å². The monoisotopic (exact) mass is 195 g/mol. The lowest BCUT2D eigenvalue weighted by Crippen LogP contribution is -2.30. The lowest BCUT2D eigenvalue weighted by atomic mass is 9.87. The molecule has 0 saturated heterocycles. The molecule has 0 rings (SSSR count). The highest BCUT2D eigenvalue weighted by atomic mass is 16.1. The van der Waals surface area contributed by atoms with Gasteiger partial charge in [-0.2, -0.15) is 0 Å². The van der Waals surface area contributed by atoms with Crippen LogP contribution >= 0.6 is 0 Å². The van der Waals surface area contributed by atoms with Crippen LogP contribution in [-0.4, -0.2) is 12.5 Å². The molecule has 2 heteroatoms. The molecular formula is C12H21NO. The van der Waals surface area contributed by atoms with Crippen molar-refractivity contribution in [1.29, 1.82) is 0 Å². The van der Waals surface area contributed by atoms with E-state index in [2.05, 4.69) is 39.2 Å². The first-order valence-electron chi connectivity index (χ1n) is 4.91. The molecule has 80 valence electrons. The quantitative estimate of drug-likeness (QED) is 0.512. The zero-order valence-corrected chi connectivity index (χ0v) is 9.47. The van der Waals surface area contributed by atoms with Crippen LogP contribution in [0.2, 0.25) is 0 Å². The summed E-state index contributed by atoms with van der Waals surface area (Å²) in [7, 11) is 0. The van der Waals surface area contributed by atoms with Gasteiger partial charge >= 0.3 is 0 Å². The molecule has 0 bridgehead atoms. The summed E-state index contributed by atoms with van der Waals surface area (Å²) >= 11 is 0. The van der Waals surface area contributed by atoms with E-state index in [1.54, 1.807) is 6.08 Å². The van der Waals surface area contributed by atoms with E-state index in [-0.39, 0.29) is 11.5 Å². The third-order valence-electron chi connectivity index (χ3n) is 2.16. The van der Waals surface area contributed by atoms with Crippen LogP contribution < -0.4 is 5.32 Å². The Morgan fingerprint density at radius 3 is 2.43 bits per heavy atom. The summed E-state index contributed by atoms with van der Waals surface area (Å²) < 4.78 is 0. The van der Waals surface area contributed by atoms with Gasteiger partial charge in [-0.25, -0.2) is 0 Å². The normalized spacial score (nSPS) is 13.1. The van der Waals surface area contributed by atoms with Gasteiger partial charge in [0.05, 0.1) is 6.04 Å². The molecule has 0 aliphatic heterocycles. The van der Waals surface area contributed by atoms with Crippen molar-refractivity contribution in [1.82, 2.24) is 5.32 Å². The molecule has 2 nitrogen and oxygen atoms in total. The van der Waals surface area contributed by atoms with Gasteiger partial charge in [-0.3, -0.25) is 4.79 Å². The highest BCUT2D eigenvalue weighted by Crippen LogP contribution is 2.23. The Kier molecular flexibility index (Phi) is 5.21. The van der Waals surface area contributed by atoms with E-state index >= 15 is 0 Å². The number of nitrogens with one attached hydrogen (secondary N) is 1. The predicted octanol–water partition coefficient (Wildman–Crippen LogP) is 2.67. The van der Waals surface area contributed by atoms with Crippen molar-refractivity contribution in [2.75, 3.05) is 0 Å². The number of amides is 1. The number of hydrogen-bond donors (Lipinski definition) is 1. The summed E-state index contributed by atoms with van der Waals surface area (Å²) in [5, 5.41) is 2.75. The van der Waals surface area contributed by atoms with Gasteiger partial charge in [-0.05, 0) is 23.8 Å². The Morgan fingerprint density at radius 2 is 2.07 bits per heavy atom. The van der Waals surface area contributed by atoms with Crippen molar-refractivity contribution in [2.45, 2.75) is 39.7 Å². The van der Waals surface area contributed by atoms with Crippen LogP contribution in [-0.2, 0) is 4.79 Å². The third kappa shape index (κ3) is 5.57. The van der Waals surface area contributed by atoms with Crippen molar-refractivity contribution in [3.05, 3.63) is 24.8 Å². The zero-order chi connectivity index (χ0) is 11.2. The molecule has 0 aromatic carbocycles. The minimum atomic E-state index is 0.0317. The van der Waals surface area contributed by atoms with Crippen LogP contribution in [0.1, 0.15) is 33.6 Å². The molecule has 1 unspecified atom stereocenters. The zero-order valence-electron chi connectivity index (χ0n) is 9.47. The first kappa shape index (κ1) is 12.9. The average Bonchev–Trinajstić information content (AvgIpc) is 2.09. The fourth-order valence-corrected chi connectivity index (χ4v) is 1.18. The molecule has 0 radical (unpaired) electrons. The molecule has 0 aliphatic rings. The maximum atomic E-state index is 10.4. The summed E-state index contributed by atoms with van der Waals surface area (Å²) in [5.74, 6) is 0. The fourth-order valence-electron chi connectivity index (χ4n) is 1.18. The van der Waals surface area contributed by atoms with E-state index in [0.717, 1.165) is 24.8 Å². The SMILES string of the molecule is C=CC(=C)C(CCC(C)(C)C)NC=O. The van der Waals surface area contributed by atoms with Gasteiger partial charge in [0.1, 0.15) is 0 Å². The average molecular weight is 195 g/mol. The molecular weight excluding hydrogens is 174 g/mol. The highest BCUT2D eigenvalue weighted by molar-refractivity contribution is 5.48. The third-order valence-corrected chi connectivity index (χ3v) is 2.16. The van der Waals surface area contributed by atoms with E-state index in [4.69, 9.17) is 0 Å². The van der Waals surface area contributed by atoms with Crippen LogP contribution in [0.15, 0.2) is 24.8 Å². The molecule has 1 N–H and O–H groups in total. The molecule has 0 spiro atoms. The van der Waals surface area contributed by atoms with E-state index in [1.165, 1.54) is 0 Å². The predicted molar refractivity (Wildman–Crippen MR) is 61.0 cm³/mol. The number of carbonyl (C=O) groups excluding carboxylic acids is 1. The van der Waals surface area contributed by atoms with E-state index < -0.39 is 0 Å². The van der Waals surface area contributed by atoms with Gasteiger partial charge in [-0.15, -0.1) is 0 Å². The first-order valence-corrected chi connectivity index (χ1v) is 4.91. The van der Waals surface area contributed by atoms with Crippen LogP contribution in [0.4, 0.5) is 0 Å². The lowest BCUT2D eigenvalue weighted by molar-refractivity contribution is -0.110. The van der Waals surface area contributed by atoms with Crippen molar-refractivity contribution < 1.29 is 4.79 Å². The molecule has 0 aromatic rings. The molecule has 0 fully saturated rings. The summed E-state index contributed by atoms with van der Waals surface area (Å²) in [6.45, 7) is 14.1. The Balaban J connectivity index is 4.16. The number of carbonyl (C=O) groups is 1. The summed E-state index contributed by atoms with van der Waals surface area (Å²) in [6.07, 6.45) is 4.38. The Morgan fingerprint density at radius 1 is 1.50 bits per heavy atom. The van der Waals surface area contributed by atoms with Gasteiger partial charge in [0, 0.05) is 0 Å². The second-order valence-corrected chi connectivity index (χ2v) is 4.72. The summed E-state index contributed by atoms with van der Waals surface area (Å²) in [6, 6.07) is 0.0317. The Labute approximate surface area is 87.1 Å². The Bertz CT molecular complexity index is 213. The van der Waals surface area contributed by atoms with Crippen LogP contribution in [0.25, 0.3) is 0 Å². The maximum absolute atomic E-state index is 10.4. The molecule has 1 atom stereocenters. The van der Waals surface area contributed by atoms with Gasteiger partial charge < -0.3 is 5.32 Å². The van der Waals surface area contributed by atoms with Gasteiger partial charge in [0.15, 0.2) is 0 Å². The van der Waals surface area contributed by atoms with Gasteiger partial charge in [0.25, 0.3) is 0 Å². The summed E-state index contributed by atoms with van der Waals surface area (Å²) in [5.41, 5.74) is 1.16. The van der Waals surface area contributed by atoms with Gasteiger partial charge in [-0.1, -0.05) is 40.0 Å². The van der Waals surface area contributed by atoms with Gasteiger partial charge in [0.2, 0.25) is 6.41 Å². The van der Waals surface area contributed by atoms with Crippen molar-refractivity contribution >= 4 is 6.41 Å². The van der Waals surface area contributed by atoms with Crippen molar-refractivity contribution in [2.24, 2.45) is 5.41 Å². The van der Waals surface area contributed by atoms with E-state index in [0.29, 0.717) is 0 Å². The maximum Gasteiger partial charge on any atom is 0.207 e. The Hall–Kier alpha value is -1.05. The van der Waals surface area contributed by atoms with Crippen LogP contribution in [0.3, 0.4) is 0 Å². The second kappa shape index (κ2) is 5.63. The minimum Gasteiger partial charge on any atom is -0.352 e. The molecule has 0 saturated carbocycles. The molecule has 1 amide bonds. The van der Waals surface area contributed by atoms with Crippen LogP contribution in [0, 0.1) is 5.41 Å². The molecule has 0 aliphatic carbocycles. The molecule has 14 heavy (non-hydrogen) atoms. The smallest absolute Gasteiger partial charge is 0.207 e. The fraction of sp³-hybridized carbons (Fsp3) is 0.583. The summed E-state index contributed by atoms with van der Waals surface area (Å²) in [4.78, 5) is 10.4. The minimum absolute atomic E-state index is 0.0317. The molecule has 0 heterocycles. The first-order chi connectivity index (χ1) is 6.40. The second-order valence-electron chi connectivity index (χ2n) is 4.72. The largest absolute Gasteiger partial charge is 0.352 e. The molecule has 0 aromatic heterocycles. The number of hydrogen-bond acceptors (Lipinski definition) is 1. The standard InChI is InChI=1S/C12H21NO/c1-6-10(2)11(13-9-14)7-8-12(3,4)5/h6,9,11H,1-2,7-8H2,3-5H3,(H,13,14).